The smallest absolute Gasteiger partial charge is 0.132 e. The maximum absolute atomic E-state index is 6.30. The van der Waals surface area contributed by atoms with Gasteiger partial charge in [0, 0.05) is 41.2 Å². The summed E-state index contributed by atoms with van der Waals surface area (Å²) in [4.78, 5) is 10.4. The first-order chi connectivity index (χ1) is 15.0. The molecule has 0 unspecified atom stereocenters. The Morgan fingerprint density at radius 2 is 1.81 bits per heavy atom. The summed E-state index contributed by atoms with van der Waals surface area (Å²) in [6.45, 7) is 1.37. The lowest BCUT2D eigenvalue weighted by molar-refractivity contribution is 0.424. The molecule has 3 heterocycles. The highest BCUT2D eigenvalue weighted by atomic mass is 16.5. The fourth-order valence-electron chi connectivity index (χ4n) is 4.16. The molecule has 0 fully saturated rings. The van der Waals surface area contributed by atoms with Gasteiger partial charge in [-0.05, 0) is 56.1 Å². The van der Waals surface area contributed by atoms with Crippen LogP contribution in [-0.2, 0) is 5.41 Å². The Morgan fingerprint density at radius 1 is 1.06 bits per heavy atom. The van der Waals surface area contributed by atoms with E-state index in [0.717, 1.165) is 39.3 Å². The average Bonchev–Trinajstić information content (AvgIpc) is 3.17. The van der Waals surface area contributed by atoms with Gasteiger partial charge in [0.25, 0.3) is 0 Å². The minimum absolute atomic E-state index is 0.433. The number of nitrogens with zero attached hydrogens (tertiary/aromatic N) is 3. The highest BCUT2D eigenvalue weighted by Crippen LogP contribution is 2.51. The Labute approximate surface area is 181 Å². The summed E-state index contributed by atoms with van der Waals surface area (Å²) in [5.74, 6) is 8.80. The molecular formula is C25H23N5O. The minimum Gasteiger partial charge on any atom is -0.457 e. The quantitative estimate of drug-likeness (QED) is 0.634. The Morgan fingerprint density at radius 3 is 2.52 bits per heavy atom. The van der Waals surface area contributed by atoms with Crippen molar-refractivity contribution in [2.45, 2.75) is 5.41 Å². The van der Waals surface area contributed by atoms with Crippen molar-refractivity contribution in [2.75, 3.05) is 27.2 Å². The summed E-state index contributed by atoms with van der Waals surface area (Å²) in [5.41, 5.74) is 10.8. The zero-order valence-electron chi connectivity index (χ0n) is 17.5. The van der Waals surface area contributed by atoms with E-state index in [9.17, 15) is 0 Å². The number of fused-ring (bicyclic) bond motifs is 4. The average molecular weight is 409 g/mol. The molecule has 6 heteroatoms. The monoisotopic (exact) mass is 409 g/mol. The third-order valence-electron chi connectivity index (χ3n) is 5.64. The normalized spacial score (nSPS) is 18.4. The predicted molar refractivity (Wildman–Crippen MR) is 120 cm³/mol. The number of aromatic nitrogens is 2. The number of ether oxygens (including phenoxy) is 1. The lowest BCUT2D eigenvalue weighted by atomic mass is 9.72. The van der Waals surface area contributed by atoms with Crippen LogP contribution in [0.1, 0.15) is 16.7 Å². The molecule has 2 aliphatic rings. The van der Waals surface area contributed by atoms with Gasteiger partial charge in [0.2, 0.25) is 0 Å². The summed E-state index contributed by atoms with van der Waals surface area (Å²) in [6, 6.07) is 12.3. The molecule has 1 aromatic heterocycles. The lowest BCUT2D eigenvalue weighted by Crippen LogP contribution is -2.34. The molecule has 0 saturated carbocycles. The molecule has 2 aliphatic heterocycles. The molecule has 0 bridgehead atoms. The maximum Gasteiger partial charge on any atom is 0.132 e. The summed E-state index contributed by atoms with van der Waals surface area (Å²) < 4.78 is 6.30. The second-order valence-electron chi connectivity index (χ2n) is 8.12. The topological polar surface area (TPSA) is 76.3 Å². The van der Waals surface area contributed by atoms with E-state index in [1.54, 1.807) is 0 Å². The molecule has 0 radical (unpaired) electrons. The minimum atomic E-state index is -0.433. The summed E-state index contributed by atoms with van der Waals surface area (Å²) in [6.07, 6.45) is 7.25. The molecule has 3 N–H and O–H groups in total. The Kier molecular flexibility index (Phi) is 4.61. The predicted octanol–water partition coefficient (Wildman–Crippen LogP) is 2.85. The van der Waals surface area contributed by atoms with Crippen LogP contribution in [0.2, 0.25) is 0 Å². The van der Waals surface area contributed by atoms with E-state index in [1.165, 1.54) is 6.33 Å². The standard InChI is InChI=1S/C25H23N5O/c1-30(2)9-3-4-17-5-7-22-20(10-17)25(12-24(26)29-15-25)21-11-18(6-8-23(21)31-22)19-13-27-16-28-14-19/h5-8,10-14,16,29H,9,15,26H2,1-2H3/t25-/m1/s1. The lowest BCUT2D eigenvalue weighted by Gasteiger charge is -2.36. The van der Waals surface area contributed by atoms with Crippen LogP contribution in [0, 0.1) is 11.8 Å². The van der Waals surface area contributed by atoms with E-state index < -0.39 is 5.41 Å². The molecule has 31 heavy (non-hydrogen) atoms. The van der Waals surface area contributed by atoms with Gasteiger partial charge in [-0.3, -0.25) is 4.90 Å². The van der Waals surface area contributed by atoms with E-state index >= 15 is 0 Å². The van der Waals surface area contributed by atoms with Crippen molar-refractivity contribution in [2.24, 2.45) is 5.73 Å². The van der Waals surface area contributed by atoms with Crippen LogP contribution in [0.15, 0.2) is 67.0 Å². The first-order valence-corrected chi connectivity index (χ1v) is 10.1. The maximum atomic E-state index is 6.30. The van der Waals surface area contributed by atoms with Crippen molar-refractivity contribution >= 4 is 0 Å². The molecule has 154 valence electrons. The Hall–Kier alpha value is -3.82. The first kappa shape index (κ1) is 19.2. The van der Waals surface area contributed by atoms with Crippen molar-refractivity contribution in [3.05, 3.63) is 83.7 Å². The number of nitrogens with two attached hydrogens (primary N) is 1. The Balaban J connectivity index is 1.65. The fraction of sp³-hybridized carbons (Fsp3) is 0.200. The van der Waals surface area contributed by atoms with Crippen LogP contribution in [0.3, 0.4) is 0 Å². The molecule has 0 amide bonds. The van der Waals surface area contributed by atoms with Gasteiger partial charge < -0.3 is 15.8 Å². The molecule has 3 aromatic rings. The highest BCUT2D eigenvalue weighted by molar-refractivity contribution is 5.70. The molecule has 2 aromatic carbocycles. The van der Waals surface area contributed by atoms with Crippen molar-refractivity contribution in [1.82, 2.24) is 20.2 Å². The fourth-order valence-corrected chi connectivity index (χ4v) is 4.16. The van der Waals surface area contributed by atoms with Gasteiger partial charge in [0.15, 0.2) is 0 Å². The summed E-state index contributed by atoms with van der Waals surface area (Å²) >= 11 is 0. The van der Waals surface area contributed by atoms with Crippen LogP contribution in [0.25, 0.3) is 11.1 Å². The van der Waals surface area contributed by atoms with Gasteiger partial charge in [0.1, 0.15) is 17.8 Å². The van der Waals surface area contributed by atoms with E-state index in [0.29, 0.717) is 18.9 Å². The van der Waals surface area contributed by atoms with Gasteiger partial charge in [-0.25, -0.2) is 9.97 Å². The first-order valence-electron chi connectivity index (χ1n) is 10.1. The van der Waals surface area contributed by atoms with E-state index in [-0.39, 0.29) is 0 Å². The van der Waals surface area contributed by atoms with Crippen LogP contribution in [0.5, 0.6) is 11.5 Å². The van der Waals surface area contributed by atoms with Gasteiger partial charge in [-0.15, -0.1) is 0 Å². The van der Waals surface area contributed by atoms with Gasteiger partial charge in [-0.1, -0.05) is 17.9 Å². The second kappa shape index (κ2) is 7.46. The van der Waals surface area contributed by atoms with E-state index in [4.69, 9.17) is 10.5 Å². The van der Waals surface area contributed by atoms with Crippen LogP contribution >= 0.6 is 0 Å². The number of hydrogen-bond acceptors (Lipinski definition) is 6. The SMILES string of the molecule is CN(C)CC#Cc1ccc2c(c1)[C@]1(C=C(N)NC1)c1cc(-c3cncnc3)ccc1O2. The number of rotatable bonds is 2. The zero-order valence-corrected chi connectivity index (χ0v) is 17.5. The molecule has 1 spiro atoms. The van der Waals surface area contributed by atoms with Crippen LogP contribution in [0.4, 0.5) is 0 Å². The molecule has 1 atom stereocenters. The second-order valence-corrected chi connectivity index (χ2v) is 8.12. The molecule has 0 aliphatic carbocycles. The zero-order chi connectivity index (χ0) is 21.4. The van der Waals surface area contributed by atoms with Crippen molar-refractivity contribution in [3.8, 4) is 34.5 Å². The number of nitrogens with one attached hydrogen (secondary N) is 1. The van der Waals surface area contributed by atoms with E-state index in [1.807, 2.05) is 55.7 Å². The van der Waals surface area contributed by atoms with Gasteiger partial charge >= 0.3 is 0 Å². The van der Waals surface area contributed by atoms with Crippen LogP contribution in [-0.4, -0.2) is 42.1 Å². The third kappa shape index (κ3) is 3.39. The Bertz CT molecular complexity index is 1240. The van der Waals surface area contributed by atoms with Crippen molar-refractivity contribution in [3.63, 3.8) is 0 Å². The van der Waals surface area contributed by atoms with Gasteiger partial charge in [-0.2, -0.15) is 0 Å². The van der Waals surface area contributed by atoms with Crippen molar-refractivity contribution in [1.29, 1.82) is 0 Å². The molecule has 0 saturated heterocycles. The van der Waals surface area contributed by atoms with Crippen LogP contribution < -0.4 is 15.8 Å². The molecule has 5 rings (SSSR count). The number of hydrogen-bond donors (Lipinski definition) is 2. The third-order valence-corrected chi connectivity index (χ3v) is 5.64. The van der Waals surface area contributed by atoms with Crippen molar-refractivity contribution < 1.29 is 4.74 Å². The summed E-state index contributed by atoms with van der Waals surface area (Å²) in [5, 5.41) is 3.31. The van der Waals surface area contributed by atoms with E-state index in [2.05, 4.69) is 45.3 Å². The molecular weight excluding hydrogens is 386 g/mol. The largest absolute Gasteiger partial charge is 0.457 e. The number of benzene rings is 2. The summed E-state index contributed by atoms with van der Waals surface area (Å²) in [7, 11) is 4.02. The molecule has 6 nitrogen and oxygen atoms in total. The van der Waals surface area contributed by atoms with Gasteiger partial charge in [0.05, 0.1) is 17.8 Å². The highest BCUT2D eigenvalue weighted by Gasteiger charge is 2.44.